The van der Waals surface area contributed by atoms with Gasteiger partial charge in [0.2, 0.25) is 0 Å². The Kier molecular flexibility index (Phi) is 4.35. The van der Waals surface area contributed by atoms with Gasteiger partial charge in [-0.25, -0.2) is 4.79 Å². The number of aryl methyl sites for hydroxylation is 2. The minimum absolute atomic E-state index is 0.0410. The molecule has 1 aliphatic heterocycles. The van der Waals surface area contributed by atoms with Crippen LogP contribution < -0.4 is 5.32 Å². The van der Waals surface area contributed by atoms with E-state index in [0.29, 0.717) is 10.9 Å². The molecule has 1 aromatic carbocycles. The Bertz CT molecular complexity index is 456. The third kappa shape index (κ3) is 3.41. The van der Waals surface area contributed by atoms with Crippen molar-refractivity contribution >= 4 is 23.3 Å². The summed E-state index contributed by atoms with van der Waals surface area (Å²) in [6, 6.07) is 3.86. The van der Waals surface area contributed by atoms with Crippen molar-refractivity contribution in [1.29, 1.82) is 0 Å². The summed E-state index contributed by atoms with van der Waals surface area (Å²) in [7, 11) is 0. The van der Waals surface area contributed by atoms with Crippen molar-refractivity contribution < 1.29 is 4.79 Å². The number of rotatable bonds is 1. The molecule has 0 spiro atoms. The van der Waals surface area contributed by atoms with Crippen LogP contribution in [0.5, 0.6) is 0 Å². The van der Waals surface area contributed by atoms with Crippen LogP contribution in [0.1, 0.15) is 30.9 Å². The van der Waals surface area contributed by atoms with Gasteiger partial charge < -0.3 is 10.2 Å². The van der Waals surface area contributed by atoms with Gasteiger partial charge in [-0.3, -0.25) is 0 Å². The summed E-state index contributed by atoms with van der Waals surface area (Å²) in [4.78, 5) is 14.1. The zero-order chi connectivity index (χ0) is 14.0. The first-order chi connectivity index (χ1) is 8.97. The summed E-state index contributed by atoms with van der Waals surface area (Å²) in [5.74, 6) is 0.716. The van der Waals surface area contributed by atoms with Gasteiger partial charge in [0.05, 0.1) is 10.7 Å². The highest BCUT2D eigenvalue weighted by Gasteiger charge is 2.21. The molecule has 2 rings (SSSR count). The van der Waals surface area contributed by atoms with Gasteiger partial charge in [-0.1, -0.05) is 24.6 Å². The Morgan fingerprint density at radius 1 is 1.32 bits per heavy atom. The predicted octanol–water partition coefficient (Wildman–Crippen LogP) is 4.22. The average Bonchev–Trinajstić information content (AvgIpc) is 2.34. The van der Waals surface area contributed by atoms with E-state index in [1.807, 2.05) is 30.9 Å². The summed E-state index contributed by atoms with van der Waals surface area (Å²) in [5, 5.41) is 3.55. The predicted molar refractivity (Wildman–Crippen MR) is 79.9 cm³/mol. The van der Waals surface area contributed by atoms with Crippen molar-refractivity contribution in [3.05, 3.63) is 28.3 Å². The molecule has 0 atom stereocenters. The van der Waals surface area contributed by atoms with Crippen LogP contribution in [0.4, 0.5) is 10.5 Å². The molecule has 0 unspecified atom stereocenters. The van der Waals surface area contributed by atoms with Gasteiger partial charge in [0, 0.05) is 13.1 Å². The Morgan fingerprint density at radius 2 is 1.95 bits per heavy atom. The Balaban J connectivity index is 2.07. The fraction of sp³-hybridized carbons (Fsp3) is 0.533. The van der Waals surface area contributed by atoms with E-state index in [0.717, 1.165) is 42.7 Å². The number of anilines is 1. The Morgan fingerprint density at radius 3 is 2.53 bits per heavy atom. The van der Waals surface area contributed by atoms with Gasteiger partial charge in [0.25, 0.3) is 0 Å². The van der Waals surface area contributed by atoms with E-state index in [4.69, 9.17) is 11.6 Å². The van der Waals surface area contributed by atoms with Crippen molar-refractivity contribution in [1.82, 2.24) is 4.90 Å². The van der Waals surface area contributed by atoms with Crippen LogP contribution >= 0.6 is 11.6 Å². The molecule has 0 saturated carbocycles. The highest BCUT2D eigenvalue weighted by atomic mass is 35.5. The first-order valence-corrected chi connectivity index (χ1v) is 7.18. The number of hydrogen-bond donors (Lipinski definition) is 1. The van der Waals surface area contributed by atoms with E-state index in [2.05, 4.69) is 12.2 Å². The van der Waals surface area contributed by atoms with Gasteiger partial charge in [-0.05, 0) is 49.8 Å². The van der Waals surface area contributed by atoms with Crippen LogP contribution in [0, 0.1) is 19.8 Å². The van der Waals surface area contributed by atoms with Gasteiger partial charge in [-0.2, -0.15) is 0 Å². The molecule has 0 aromatic heterocycles. The first-order valence-electron chi connectivity index (χ1n) is 6.80. The van der Waals surface area contributed by atoms with E-state index in [1.165, 1.54) is 0 Å². The minimum atomic E-state index is -0.0410. The van der Waals surface area contributed by atoms with Crippen LogP contribution in [-0.4, -0.2) is 24.0 Å². The van der Waals surface area contributed by atoms with Crippen molar-refractivity contribution in [3.63, 3.8) is 0 Å². The second-order valence-electron chi connectivity index (χ2n) is 5.54. The van der Waals surface area contributed by atoms with Crippen molar-refractivity contribution in [2.45, 2.75) is 33.6 Å². The number of nitrogens with zero attached hydrogens (tertiary/aromatic N) is 1. The molecule has 3 nitrogen and oxygen atoms in total. The lowest BCUT2D eigenvalue weighted by Crippen LogP contribution is -2.40. The van der Waals surface area contributed by atoms with Gasteiger partial charge in [-0.15, -0.1) is 0 Å². The number of halogens is 1. The van der Waals surface area contributed by atoms with Crippen molar-refractivity contribution in [2.24, 2.45) is 5.92 Å². The minimum Gasteiger partial charge on any atom is -0.325 e. The smallest absolute Gasteiger partial charge is 0.321 e. The summed E-state index contributed by atoms with van der Waals surface area (Å²) >= 11 is 6.21. The van der Waals surface area contributed by atoms with Crippen molar-refractivity contribution in [2.75, 3.05) is 18.4 Å². The van der Waals surface area contributed by atoms with Gasteiger partial charge in [0.1, 0.15) is 0 Å². The monoisotopic (exact) mass is 280 g/mol. The molecule has 0 radical (unpaired) electrons. The Hall–Kier alpha value is -1.22. The number of benzene rings is 1. The number of carbonyl (C=O) groups excluding carboxylic acids is 1. The second-order valence-corrected chi connectivity index (χ2v) is 5.95. The molecule has 4 heteroatoms. The topological polar surface area (TPSA) is 32.3 Å². The molecule has 104 valence electrons. The van der Waals surface area contributed by atoms with E-state index < -0.39 is 0 Å². The van der Waals surface area contributed by atoms with Crippen LogP contribution in [-0.2, 0) is 0 Å². The van der Waals surface area contributed by atoms with E-state index in [9.17, 15) is 4.79 Å². The van der Waals surface area contributed by atoms with E-state index in [1.54, 1.807) is 0 Å². The number of carbonyl (C=O) groups is 1. The molecule has 1 aromatic rings. The summed E-state index contributed by atoms with van der Waals surface area (Å²) in [5.41, 5.74) is 2.84. The average molecular weight is 281 g/mol. The largest absolute Gasteiger partial charge is 0.325 e. The molecule has 2 amide bonds. The lowest BCUT2D eigenvalue weighted by atomic mass is 10.00. The van der Waals surface area contributed by atoms with E-state index >= 15 is 0 Å². The molecule has 1 saturated heterocycles. The van der Waals surface area contributed by atoms with Crippen molar-refractivity contribution in [3.8, 4) is 0 Å². The SMILES string of the molecule is Cc1cc(C)c(NC(=O)N2CCC(C)CC2)c(Cl)c1. The van der Waals surface area contributed by atoms with E-state index in [-0.39, 0.29) is 6.03 Å². The highest BCUT2D eigenvalue weighted by Crippen LogP contribution is 2.28. The highest BCUT2D eigenvalue weighted by molar-refractivity contribution is 6.34. The third-order valence-corrected chi connectivity index (χ3v) is 4.03. The molecular formula is C15H21ClN2O. The van der Waals surface area contributed by atoms with Gasteiger partial charge in [0.15, 0.2) is 0 Å². The lowest BCUT2D eigenvalue weighted by Gasteiger charge is -2.30. The fourth-order valence-corrected chi connectivity index (χ4v) is 2.84. The molecule has 1 aliphatic rings. The zero-order valence-electron chi connectivity index (χ0n) is 11.8. The fourth-order valence-electron chi connectivity index (χ4n) is 2.47. The maximum absolute atomic E-state index is 12.2. The first kappa shape index (κ1) is 14.2. The summed E-state index contributed by atoms with van der Waals surface area (Å²) in [6.45, 7) is 7.85. The molecular weight excluding hydrogens is 260 g/mol. The zero-order valence-corrected chi connectivity index (χ0v) is 12.5. The maximum Gasteiger partial charge on any atom is 0.321 e. The van der Waals surface area contributed by atoms with Crippen LogP contribution in [0.15, 0.2) is 12.1 Å². The standard InChI is InChI=1S/C15H21ClN2O/c1-10-4-6-18(7-5-10)15(19)17-14-12(3)8-11(2)9-13(14)16/h8-10H,4-7H2,1-3H3,(H,17,19). The van der Waals surface area contributed by atoms with Crippen LogP contribution in [0.3, 0.4) is 0 Å². The number of amides is 2. The molecule has 19 heavy (non-hydrogen) atoms. The molecule has 0 bridgehead atoms. The number of nitrogens with one attached hydrogen (secondary N) is 1. The number of urea groups is 1. The molecule has 1 heterocycles. The third-order valence-electron chi connectivity index (χ3n) is 3.73. The maximum atomic E-state index is 12.2. The lowest BCUT2D eigenvalue weighted by molar-refractivity contribution is 0.186. The number of hydrogen-bond acceptors (Lipinski definition) is 1. The van der Waals surface area contributed by atoms with Gasteiger partial charge >= 0.3 is 6.03 Å². The normalized spacial score (nSPS) is 16.5. The molecule has 0 aliphatic carbocycles. The number of likely N-dealkylation sites (tertiary alicyclic amines) is 1. The number of piperidine rings is 1. The van der Waals surface area contributed by atoms with Crippen LogP contribution in [0.25, 0.3) is 0 Å². The summed E-state index contributed by atoms with van der Waals surface area (Å²) in [6.07, 6.45) is 2.15. The molecule has 1 N–H and O–H groups in total. The van der Waals surface area contributed by atoms with Crippen LogP contribution in [0.2, 0.25) is 5.02 Å². The quantitative estimate of drug-likeness (QED) is 0.821. The Labute approximate surface area is 119 Å². The summed E-state index contributed by atoms with van der Waals surface area (Å²) < 4.78 is 0. The molecule has 1 fully saturated rings. The second kappa shape index (κ2) is 5.83.